The third-order valence-electron chi connectivity index (χ3n) is 3.86. The fraction of sp³-hybridized carbons (Fsp3) is 0.533. The lowest BCUT2D eigenvalue weighted by Crippen LogP contribution is -2.48. The van der Waals surface area contributed by atoms with Crippen molar-refractivity contribution in [3.05, 3.63) is 23.5 Å². The van der Waals surface area contributed by atoms with Crippen LogP contribution in [0.25, 0.3) is 0 Å². The number of carboxylic acid groups (broad SMARTS) is 1. The van der Waals surface area contributed by atoms with E-state index in [1.165, 1.54) is 17.6 Å². The van der Waals surface area contributed by atoms with E-state index in [0.717, 1.165) is 6.42 Å². The van der Waals surface area contributed by atoms with Crippen molar-refractivity contribution in [2.45, 2.75) is 25.8 Å². The van der Waals surface area contributed by atoms with Crippen LogP contribution in [-0.4, -0.2) is 46.6 Å². The van der Waals surface area contributed by atoms with Crippen LogP contribution in [0.1, 0.15) is 40.6 Å². The van der Waals surface area contributed by atoms with Crippen molar-refractivity contribution < 1.29 is 24.2 Å². The van der Waals surface area contributed by atoms with E-state index in [-0.39, 0.29) is 17.4 Å². The molecule has 1 saturated heterocycles. The Balaban J connectivity index is 2.14. The van der Waals surface area contributed by atoms with Crippen LogP contribution in [-0.2, 0) is 16.6 Å². The highest BCUT2D eigenvalue weighted by Crippen LogP contribution is 2.18. The molecule has 1 amide bonds. The number of hydrogen-bond acceptors (Lipinski definition) is 4. The highest BCUT2D eigenvalue weighted by Gasteiger charge is 2.32. The molecule has 0 aromatic carbocycles. The molecule has 1 aliphatic rings. The first-order valence-corrected chi connectivity index (χ1v) is 7.19. The molecule has 2 N–H and O–H groups in total. The molecule has 2 atom stereocenters. The lowest BCUT2D eigenvalue weighted by Gasteiger charge is -2.28. The van der Waals surface area contributed by atoms with E-state index >= 15 is 0 Å². The topological polar surface area (TPSA) is 97.6 Å². The average Bonchev–Trinajstić information content (AvgIpc) is 2.87. The summed E-state index contributed by atoms with van der Waals surface area (Å²) in [5.41, 5.74) is 0.675. The van der Waals surface area contributed by atoms with Gasteiger partial charge in [-0.05, 0) is 25.8 Å². The van der Waals surface area contributed by atoms with E-state index in [2.05, 4.69) is 5.32 Å². The van der Waals surface area contributed by atoms with Crippen LogP contribution in [0.3, 0.4) is 0 Å². The van der Waals surface area contributed by atoms with E-state index < -0.39 is 17.9 Å². The molecule has 0 spiro atoms. The van der Waals surface area contributed by atoms with Gasteiger partial charge < -0.3 is 19.7 Å². The molecule has 0 radical (unpaired) electrons. The van der Waals surface area contributed by atoms with E-state index in [1.54, 1.807) is 13.2 Å². The third-order valence-corrected chi connectivity index (χ3v) is 3.86. The molecule has 1 aliphatic heterocycles. The predicted octanol–water partition coefficient (Wildman–Crippen LogP) is 0.837. The summed E-state index contributed by atoms with van der Waals surface area (Å²) in [6.45, 7) is 2.36. The number of amides is 1. The first-order chi connectivity index (χ1) is 10.4. The number of carbonyl (C=O) groups excluding carboxylic acids is 2. The Morgan fingerprint density at radius 2 is 2.18 bits per heavy atom. The number of aliphatic carboxylic acids is 1. The third kappa shape index (κ3) is 3.54. The molecule has 7 heteroatoms. The number of nitrogens with one attached hydrogen (secondary N) is 1. The van der Waals surface area contributed by atoms with E-state index in [1.807, 2.05) is 0 Å². The maximum atomic E-state index is 12.3. The Morgan fingerprint density at radius 1 is 1.45 bits per heavy atom. The minimum absolute atomic E-state index is 0.148. The number of ketones is 1. The number of carbonyl (C=O) groups is 3. The van der Waals surface area contributed by atoms with Crippen molar-refractivity contribution in [2.24, 2.45) is 13.0 Å². The van der Waals surface area contributed by atoms with Crippen molar-refractivity contribution in [3.63, 3.8) is 0 Å². The Bertz CT molecular complexity index is 587. The van der Waals surface area contributed by atoms with Gasteiger partial charge >= 0.3 is 5.97 Å². The van der Waals surface area contributed by atoms with Crippen molar-refractivity contribution in [1.29, 1.82) is 0 Å². The lowest BCUT2D eigenvalue weighted by atomic mass is 9.93. The van der Waals surface area contributed by atoms with Crippen LogP contribution in [0.5, 0.6) is 0 Å². The molecule has 1 aromatic heterocycles. The van der Waals surface area contributed by atoms with Gasteiger partial charge in [-0.3, -0.25) is 9.59 Å². The minimum Gasteiger partial charge on any atom is -0.480 e. The first kappa shape index (κ1) is 16.2. The summed E-state index contributed by atoms with van der Waals surface area (Å²) in [6, 6.07) is 0.469. The van der Waals surface area contributed by atoms with Crippen LogP contribution < -0.4 is 5.32 Å². The molecule has 7 nitrogen and oxygen atoms in total. The van der Waals surface area contributed by atoms with Gasteiger partial charge in [0.05, 0.1) is 6.61 Å². The number of Topliss-reactive ketones (excluding diaryl/α,β-unsaturated/α-hetero) is 1. The van der Waals surface area contributed by atoms with Crippen LogP contribution in [0.15, 0.2) is 12.3 Å². The van der Waals surface area contributed by atoms with Gasteiger partial charge in [-0.25, -0.2) is 4.79 Å². The second kappa shape index (κ2) is 6.74. The van der Waals surface area contributed by atoms with Gasteiger partial charge in [0.15, 0.2) is 5.78 Å². The van der Waals surface area contributed by atoms with Gasteiger partial charge in [0.1, 0.15) is 11.7 Å². The molecule has 2 heterocycles. The molecular formula is C15H20N2O5. The van der Waals surface area contributed by atoms with Crippen molar-refractivity contribution in [2.75, 3.05) is 13.2 Å². The van der Waals surface area contributed by atoms with Crippen LogP contribution in [0, 0.1) is 5.92 Å². The van der Waals surface area contributed by atoms with Gasteiger partial charge in [-0.15, -0.1) is 0 Å². The fourth-order valence-electron chi connectivity index (χ4n) is 2.61. The zero-order valence-electron chi connectivity index (χ0n) is 12.7. The molecular weight excluding hydrogens is 288 g/mol. The standard InChI is InChI=1S/C15H20N2O5/c1-9(18)11-6-12(17(2)7-11)14(19)16-13(15(20)21)10-4-3-5-22-8-10/h6-7,10,13H,3-5,8H2,1-2H3,(H,16,19)(H,20,21). The number of nitrogens with zero attached hydrogens (tertiary/aromatic N) is 1. The highest BCUT2D eigenvalue weighted by atomic mass is 16.5. The summed E-state index contributed by atoms with van der Waals surface area (Å²) in [4.78, 5) is 35.1. The van der Waals surface area contributed by atoms with Crippen molar-refractivity contribution >= 4 is 17.7 Å². The molecule has 2 unspecified atom stereocenters. The minimum atomic E-state index is -1.08. The molecule has 0 bridgehead atoms. The first-order valence-electron chi connectivity index (χ1n) is 7.19. The normalized spacial score (nSPS) is 19.5. The second-order valence-corrected chi connectivity index (χ2v) is 5.55. The molecule has 22 heavy (non-hydrogen) atoms. The van der Waals surface area contributed by atoms with Crippen molar-refractivity contribution in [1.82, 2.24) is 9.88 Å². The Kier molecular flexibility index (Phi) is 4.97. The largest absolute Gasteiger partial charge is 0.480 e. The number of carboxylic acids is 1. The highest BCUT2D eigenvalue weighted by molar-refractivity contribution is 6.00. The molecule has 2 rings (SSSR count). The predicted molar refractivity (Wildman–Crippen MR) is 77.9 cm³/mol. The summed E-state index contributed by atoms with van der Waals surface area (Å²) >= 11 is 0. The van der Waals surface area contributed by atoms with Crippen molar-refractivity contribution in [3.8, 4) is 0 Å². The SMILES string of the molecule is CC(=O)c1cc(C(=O)NC(C(=O)O)C2CCCOC2)n(C)c1. The van der Waals surface area contributed by atoms with E-state index in [0.29, 0.717) is 25.2 Å². The number of hydrogen-bond donors (Lipinski definition) is 2. The summed E-state index contributed by atoms with van der Waals surface area (Å²) in [7, 11) is 1.64. The zero-order valence-corrected chi connectivity index (χ0v) is 12.7. The monoisotopic (exact) mass is 308 g/mol. The quantitative estimate of drug-likeness (QED) is 0.785. The average molecular weight is 308 g/mol. The maximum absolute atomic E-state index is 12.3. The Labute approximate surface area is 128 Å². The van der Waals surface area contributed by atoms with Gasteiger partial charge in [-0.2, -0.15) is 0 Å². The van der Waals surface area contributed by atoms with Crippen LogP contribution in [0.4, 0.5) is 0 Å². The van der Waals surface area contributed by atoms with E-state index in [4.69, 9.17) is 4.74 Å². The summed E-state index contributed by atoms with van der Waals surface area (Å²) in [5, 5.41) is 11.9. The smallest absolute Gasteiger partial charge is 0.326 e. The fourth-order valence-corrected chi connectivity index (χ4v) is 2.61. The Hall–Kier alpha value is -2.15. The molecule has 0 aliphatic carbocycles. The maximum Gasteiger partial charge on any atom is 0.326 e. The van der Waals surface area contributed by atoms with Crippen LogP contribution in [0.2, 0.25) is 0 Å². The van der Waals surface area contributed by atoms with Crippen LogP contribution >= 0.6 is 0 Å². The number of aryl methyl sites for hydroxylation is 1. The molecule has 120 valence electrons. The number of ether oxygens (including phenoxy) is 1. The summed E-state index contributed by atoms with van der Waals surface area (Å²) < 4.78 is 6.81. The van der Waals surface area contributed by atoms with Gasteiger partial charge in [0, 0.05) is 31.3 Å². The zero-order chi connectivity index (χ0) is 16.3. The summed E-state index contributed by atoms with van der Waals surface area (Å²) in [6.07, 6.45) is 3.03. The van der Waals surface area contributed by atoms with Gasteiger partial charge in [-0.1, -0.05) is 0 Å². The Morgan fingerprint density at radius 3 is 2.68 bits per heavy atom. The molecule has 1 fully saturated rings. The number of aromatic nitrogens is 1. The van der Waals surface area contributed by atoms with Gasteiger partial charge in [0.25, 0.3) is 5.91 Å². The second-order valence-electron chi connectivity index (χ2n) is 5.55. The van der Waals surface area contributed by atoms with E-state index in [9.17, 15) is 19.5 Å². The van der Waals surface area contributed by atoms with Gasteiger partial charge in [0.2, 0.25) is 0 Å². The number of rotatable bonds is 5. The summed E-state index contributed by atoms with van der Waals surface area (Å²) in [5.74, 6) is -1.98. The molecule has 0 saturated carbocycles. The lowest BCUT2D eigenvalue weighted by molar-refractivity contribution is -0.142. The molecule has 1 aromatic rings.